The van der Waals surface area contributed by atoms with E-state index in [4.69, 9.17) is 0 Å². The van der Waals surface area contributed by atoms with Crippen molar-refractivity contribution in [3.05, 3.63) is 28.3 Å². The number of non-ortho nitro benzene ring substituents is 1. The molecule has 0 aromatic heterocycles. The lowest BCUT2D eigenvalue weighted by molar-refractivity contribution is -0.384. The zero-order valence-corrected chi connectivity index (χ0v) is 13.6. The molecule has 0 atom stereocenters. The predicted molar refractivity (Wildman–Crippen MR) is 88.5 cm³/mol. The topological polar surface area (TPSA) is 78.7 Å². The van der Waals surface area contributed by atoms with E-state index in [2.05, 4.69) is 15.1 Å². The lowest BCUT2D eigenvalue weighted by Gasteiger charge is -2.27. The van der Waals surface area contributed by atoms with E-state index in [9.17, 15) is 14.9 Å². The molecule has 0 saturated heterocycles. The number of amides is 1. The molecule has 7 heteroatoms. The molecule has 1 N–H and O–H groups in total. The summed E-state index contributed by atoms with van der Waals surface area (Å²) in [5.41, 5.74) is 1.26. The Balaban J connectivity index is 3.13. The summed E-state index contributed by atoms with van der Waals surface area (Å²) in [4.78, 5) is 26.3. The van der Waals surface area contributed by atoms with Gasteiger partial charge in [0.1, 0.15) is 0 Å². The number of nitrogens with one attached hydrogen (secondary N) is 1. The minimum atomic E-state index is -0.457. The number of hydrogen-bond donors (Lipinski definition) is 1. The Morgan fingerprint density at radius 3 is 2.45 bits per heavy atom. The second-order valence-corrected chi connectivity index (χ2v) is 5.24. The van der Waals surface area contributed by atoms with Crippen LogP contribution in [0.2, 0.25) is 0 Å². The summed E-state index contributed by atoms with van der Waals surface area (Å²) in [6, 6.07) is 4.58. The van der Waals surface area contributed by atoms with E-state index in [1.807, 2.05) is 21.0 Å². The minimum absolute atomic E-state index is 0.0289. The molecule has 1 aromatic carbocycles. The van der Waals surface area contributed by atoms with Crippen LogP contribution in [0.5, 0.6) is 0 Å². The van der Waals surface area contributed by atoms with Crippen molar-refractivity contribution >= 4 is 23.0 Å². The van der Waals surface area contributed by atoms with Gasteiger partial charge in [-0.2, -0.15) is 0 Å². The lowest BCUT2D eigenvalue weighted by atomic mass is 10.2. The molecule has 0 radical (unpaired) electrons. The van der Waals surface area contributed by atoms with Crippen LogP contribution < -0.4 is 10.2 Å². The fourth-order valence-electron chi connectivity index (χ4n) is 2.02. The number of likely N-dealkylation sites (N-methyl/N-ethyl adjacent to an activating group) is 2. The van der Waals surface area contributed by atoms with Crippen molar-refractivity contribution < 1.29 is 9.72 Å². The Bertz CT molecular complexity index is 532. The third-order valence-electron chi connectivity index (χ3n) is 3.33. The smallest absolute Gasteiger partial charge is 0.271 e. The molecule has 122 valence electrons. The third-order valence-corrected chi connectivity index (χ3v) is 3.33. The van der Waals surface area contributed by atoms with Crippen LogP contribution in [0.15, 0.2) is 18.2 Å². The Hall–Kier alpha value is -2.15. The first-order chi connectivity index (χ1) is 10.4. The van der Waals surface area contributed by atoms with Gasteiger partial charge in [0.2, 0.25) is 5.91 Å². The number of benzene rings is 1. The molecule has 7 nitrogen and oxygen atoms in total. The van der Waals surface area contributed by atoms with E-state index in [-0.39, 0.29) is 11.6 Å². The monoisotopic (exact) mass is 308 g/mol. The van der Waals surface area contributed by atoms with Gasteiger partial charge in [-0.05, 0) is 27.1 Å². The van der Waals surface area contributed by atoms with Gasteiger partial charge in [-0.15, -0.1) is 0 Å². The Morgan fingerprint density at radius 2 is 1.95 bits per heavy atom. The van der Waals surface area contributed by atoms with Gasteiger partial charge in [0.25, 0.3) is 5.69 Å². The first kappa shape index (κ1) is 17.9. The molecule has 1 aromatic rings. The fraction of sp³-hybridized carbons (Fsp3) is 0.533. The predicted octanol–water partition coefficient (Wildman–Crippen LogP) is 2.33. The number of nitro groups is 1. The van der Waals surface area contributed by atoms with Crippen LogP contribution >= 0.6 is 0 Å². The Morgan fingerprint density at radius 1 is 1.27 bits per heavy atom. The quantitative estimate of drug-likeness (QED) is 0.589. The maximum absolute atomic E-state index is 11.7. The number of rotatable bonds is 8. The van der Waals surface area contributed by atoms with Crippen molar-refractivity contribution in [1.82, 2.24) is 4.90 Å². The Kier molecular flexibility index (Phi) is 6.78. The molecule has 0 spiro atoms. The van der Waals surface area contributed by atoms with E-state index < -0.39 is 4.92 Å². The molecule has 0 aliphatic carbocycles. The van der Waals surface area contributed by atoms with Crippen molar-refractivity contribution in [3.63, 3.8) is 0 Å². The summed E-state index contributed by atoms with van der Waals surface area (Å²) in [6.07, 6.45) is 0.325. The largest absolute Gasteiger partial charge is 0.369 e. The van der Waals surface area contributed by atoms with Crippen LogP contribution in [0.25, 0.3) is 0 Å². The molecule has 1 amide bonds. The molecular weight excluding hydrogens is 284 g/mol. The van der Waals surface area contributed by atoms with E-state index in [1.54, 1.807) is 13.0 Å². The highest BCUT2D eigenvalue weighted by Crippen LogP contribution is 2.30. The average molecular weight is 308 g/mol. The van der Waals surface area contributed by atoms with Gasteiger partial charge in [0.05, 0.1) is 16.3 Å². The standard InChI is InChI=1S/C15H24N4O3/c1-5-15(20)16-13-11-12(19(21)22)7-8-14(13)18(6-2)10-9-17(3)4/h7-8,11H,5-6,9-10H2,1-4H3,(H,16,20). The van der Waals surface area contributed by atoms with Gasteiger partial charge in [-0.1, -0.05) is 6.92 Å². The van der Waals surface area contributed by atoms with Crippen molar-refractivity contribution in [2.45, 2.75) is 20.3 Å². The van der Waals surface area contributed by atoms with Crippen molar-refractivity contribution in [3.8, 4) is 0 Å². The zero-order chi connectivity index (χ0) is 16.7. The van der Waals surface area contributed by atoms with Crippen LogP contribution in [0.3, 0.4) is 0 Å². The number of anilines is 2. The number of nitro benzene ring substituents is 1. The van der Waals surface area contributed by atoms with E-state index in [0.29, 0.717) is 12.1 Å². The van der Waals surface area contributed by atoms with Crippen molar-refractivity contribution in [2.24, 2.45) is 0 Å². The van der Waals surface area contributed by atoms with Gasteiger partial charge in [0.15, 0.2) is 0 Å². The van der Waals surface area contributed by atoms with Crippen LogP contribution in [0, 0.1) is 10.1 Å². The summed E-state index contributed by atoms with van der Waals surface area (Å²) in [6.45, 7) is 6.14. The van der Waals surface area contributed by atoms with Gasteiger partial charge < -0.3 is 15.1 Å². The highest BCUT2D eigenvalue weighted by atomic mass is 16.6. The summed E-state index contributed by atoms with van der Waals surface area (Å²) >= 11 is 0. The first-order valence-corrected chi connectivity index (χ1v) is 7.37. The zero-order valence-electron chi connectivity index (χ0n) is 13.6. The average Bonchev–Trinajstić information content (AvgIpc) is 2.48. The summed E-state index contributed by atoms with van der Waals surface area (Å²) in [5.74, 6) is -0.162. The highest BCUT2D eigenvalue weighted by Gasteiger charge is 2.16. The maximum Gasteiger partial charge on any atom is 0.271 e. The molecule has 0 bridgehead atoms. The van der Waals surface area contributed by atoms with Gasteiger partial charge >= 0.3 is 0 Å². The third kappa shape index (κ3) is 5.00. The van der Waals surface area contributed by atoms with Crippen LogP contribution in [0.1, 0.15) is 20.3 Å². The fourth-order valence-corrected chi connectivity index (χ4v) is 2.02. The summed E-state index contributed by atoms with van der Waals surface area (Å²) < 4.78 is 0. The molecule has 22 heavy (non-hydrogen) atoms. The lowest BCUT2D eigenvalue weighted by Crippen LogP contribution is -2.32. The molecule has 0 unspecified atom stereocenters. The number of hydrogen-bond acceptors (Lipinski definition) is 5. The summed E-state index contributed by atoms with van der Waals surface area (Å²) in [7, 11) is 3.98. The Labute approximate surface area is 131 Å². The summed E-state index contributed by atoms with van der Waals surface area (Å²) in [5, 5.41) is 13.7. The van der Waals surface area contributed by atoms with Crippen molar-refractivity contribution in [2.75, 3.05) is 43.9 Å². The second kappa shape index (κ2) is 8.33. The number of carbonyl (C=O) groups is 1. The number of carbonyl (C=O) groups excluding carboxylic acids is 1. The molecule has 0 fully saturated rings. The highest BCUT2D eigenvalue weighted by molar-refractivity contribution is 5.94. The maximum atomic E-state index is 11.7. The normalized spacial score (nSPS) is 10.6. The molecule has 1 rings (SSSR count). The second-order valence-electron chi connectivity index (χ2n) is 5.24. The van der Waals surface area contributed by atoms with Crippen LogP contribution in [0.4, 0.5) is 17.1 Å². The van der Waals surface area contributed by atoms with Gasteiger partial charge in [-0.25, -0.2) is 0 Å². The van der Waals surface area contributed by atoms with Gasteiger partial charge in [0, 0.05) is 38.2 Å². The van der Waals surface area contributed by atoms with Crippen molar-refractivity contribution in [1.29, 1.82) is 0 Å². The van der Waals surface area contributed by atoms with E-state index >= 15 is 0 Å². The minimum Gasteiger partial charge on any atom is -0.369 e. The molecule has 0 heterocycles. The molecule has 0 saturated carbocycles. The van der Waals surface area contributed by atoms with Crippen LogP contribution in [-0.2, 0) is 4.79 Å². The molecular formula is C15H24N4O3. The first-order valence-electron chi connectivity index (χ1n) is 7.37. The number of nitrogens with zero attached hydrogens (tertiary/aromatic N) is 3. The van der Waals surface area contributed by atoms with Crippen LogP contribution in [-0.4, -0.2) is 49.5 Å². The SMILES string of the molecule is CCC(=O)Nc1cc([N+](=O)[O-])ccc1N(CC)CCN(C)C. The molecule has 0 aliphatic rings. The van der Waals surface area contributed by atoms with E-state index in [0.717, 1.165) is 25.3 Å². The van der Waals surface area contributed by atoms with E-state index in [1.165, 1.54) is 12.1 Å². The molecule has 0 aliphatic heterocycles. The van der Waals surface area contributed by atoms with Gasteiger partial charge in [-0.3, -0.25) is 14.9 Å².